The van der Waals surface area contributed by atoms with Crippen LogP contribution in [0.4, 0.5) is 0 Å². The van der Waals surface area contributed by atoms with Gasteiger partial charge in [-0.05, 0) is 83.8 Å². The molecule has 0 aromatic heterocycles. The molecule has 1 aliphatic heterocycles. The van der Waals surface area contributed by atoms with Crippen molar-refractivity contribution in [1.82, 2.24) is 0 Å². The highest BCUT2D eigenvalue weighted by Gasteiger charge is 2.41. The van der Waals surface area contributed by atoms with E-state index in [-0.39, 0.29) is 5.78 Å². The quantitative estimate of drug-likeness (QED) is 0.213. The molecule has 7 rings (SSSR count). The third-order valence-electron chi connectivity index (χ3n) is 8.26. The van der Waals surface area contributed by atoms with Gasteiger partial charge in [0.15, 0.2) is 11.4 Å². The number of ketones is 1. The smallest absolute Gasteiger partial charge is 0.195 e. The third kappa shape index (κ3) is 3.68. The van der Waals surface area contributed by atoms with E-state index in [9.17, 15) is 4.79 Å². The summed E-state index contributed by atoms with van der Waals surface area (Å²) in [6, 6.07) is 27.3. The van der Waals surface area contributed by atoms with E-state index in [4.69, 9.17) is 23.7 Å². The molecule has 0 N–H and O–H groups in total. The molecule has 42 heavy (non-hydrogen) atoms. The van der Waals surface area contributed by atoms with E-state index in [0.717, 1.165) is 50.1 Å². The van der Waals surface area contributed by atoms with Crippen molar-refractivity contribution >= 4 is 22.6 Å². The predicted molar refractivity (Wildman–Crippen MR) is 162 cm³/mol. The van der Waals surface area contributed by atoms with Crippen LogP contribution in [-0.4, -0.2) is 34.2 Å². The summed E-state index contributed by atoms with van der Waals surface area (Å²) in [7, 11) is 6.54. The molecule has 1 aliphatic carbocycles. The number of hydrogen-bond donors (Lipinski definition) is 0. The minimum atomic E-state index is -0.993. The van der Waals surface area contributed by atoms with Crippen molar-refractivity contribution in [3.63, 3.8) is 0 Å². The molecule has 0 bridgehead atoms. The van der Waals surface area contributed by atoms with Gasteiger partial charge < -0.3 is 23.7 Å². The van der Waals surface area contributed by atoms with Crippen molar-refractivity contribution in [2.75, 3.05) is 28.4 Å². The molecular weight excluding hydrogens is 528 g/mol. The van der Waals surface area contributed by atoms with Gasteiger partial charge in [0.05, 0.1) is 28.4 Å². The number of rotatable bonds is 6. The molecule has 0 saturated heterocycles. The Kier molecular flexibility index (Phi) is 5.94. The maximum Gasteiger partial charge on any atom is 0.195 e. The van der Waals surface area contributed by atoms with E-state index in [1.54, 1.807) is 28.4 Å². The summed E-state index contributed by atoms with van der Waals surface area (Å²) in [6.07, 6.45) is 4.05. The van der Waals surface area contributed by atoms with E-state index in [2.05, 4.69) is 0 Å². The lowest BCUT2D eigenvalue weighted by Gasteiger charge is -2.37. The minimum absolute atomic E-state index is 0.0532. The van der Waals surface area contributed by atoms with Gasteiger partial charge in [-0.2, -0.15) is 0 Å². The van der Waals surface area contributed by atoms with Crippen LogP contribution >= 0.6 is 0 Å². The van der Waals surface area contributed by atoms with E-state index < -0.39 is 5.60 Å². The van der Waals surface area contributed by atoms with Gasteiger partial charge in [-0.25, -0.2) is 0 Å². The second kappa shape index (κ2) is 9.70. The molecule has 0 saturated carbocycles. The van der Waals surface area contributed by atoms with E-state index in [1.165, 1.54) is 0 Å². The van der Waals surface area contributed by atoms with Crippen molar-refractivity contribution in [1.29, 1.82) is 0 Å². The highest BCUT2D eigenvalue weighted by atomic mass is 16.5. The lowest BCUT2D eigenvalue weighted by molar-refractivity contribution is 0.104. The molecule has 0 atom stereocenters. The number of ether oxygens (including phenoxy) is 5. The number of methoxy groups -OCH3 is 4. The number of benzene rings is 5. The summed E-state index contributed by atoms with van der Waals surface area (Å²) < 4.78 is 29.1. The molecule has 5 aromatic carbocycles. The SMILES string of the molecule is COc1ccc(C2(c3ccc(OC)cc3)C=Cc3c4c(c5ccc(OC)cc5c3O2)-c2ccc(OC)cc2C4=O)cc1. The summed E-state index contributed by atoms with van der Waals surface area (Å²) in [6.45, 7) is 0. The fraction of sp³-hybridized carbons (Fsp3) is 0.139. The number of carbonyl (C=O) groups excluding carboxylic acids is 1. The van der Waals surface area contributed by atoms with Crippen LogP contribution in [0.3, 0.4) is 0 Å². The molecule has 2 aliphatic rings. The van der Waals surface area contributed by atoms with E-state index in [0.29, 0.717) is 28.4 Å². The molecular formula is C36H28O6. The van der Waals surface area contributed by atoms with Crippen molar-refractivity contribution in [2.45, 2.75) is 5.60 Å². The first-order valence-corrected chi connectivity index (χ1v) is 13.6. The molecule has 0 spiro atoms. The van der Waals surface area contributed by atoms with Crippen LogP contribution in [0.5, 0.6) is 28.7 Å². The topological polar surface area (TPSA) is 63.2 Å². The van der Waals surface area contributed by atoms with Gasteiger partial charge >= 0.3 is 0 Å². The molecule has 208 valence electrons. The Morgan fingerprint density at radius 3 is 1.71 bits per heavy atom. The summed E-state index contributed by atoms with van der Waals surface area (Å²) in [5, 5.41) is 1.77. The second-order valence-electron chi connectivity index (χ2n) is 10.3. The van der Waals surface area contributed by atoms with Crippen molar-refractivity contribution in [2.24, 2.45) is 0 Å². The summed E-state index contributed by atoms with van der Waals surface area (Å²) in [4.78, 5) is 14.0. The third-order valence-corrected chi connectivity index (χ3v) is 8.26. The highest BCUT2D eigenvalue weighted by Crippen LogP contribution is 2.53. The van der Waals surface area contributed by atoms with Gasteiger partial charge in [0, 0.05) is 38.8 Å². The first-order chi connectivity index (χ1) is 20.5. The monoisotopic (exact) mass is 556 g/mol. The maximum absolute atomic E-state index is 14.0. The summed E-state index contributed by atoms with van der Waals surface area (Å²) in [5.74, 6) is 3.39. The Labute approximate surface area is 243 Å². The standard InChI is InChI=1S/C36H28O6/c1-38-23-9-5-21(6-10-23)36(22-7-11-24(39-2)12-8-22)18-17-29-33-32(27-15-13-25(40-3)19-30(27)34(33)37)28-16-14-26(41-4)20-31(28)35(29)42-36/h5-20H,1-4H3. The van der Waals surface area contributed by atoms with Crippen LogP contribution in [0.25, 0.3) is 28.0 Å². The number of carbonyl (C=O) groups is 1. The van der Waals surface area contributed by atoms with E-state index in [1.807, 2.05) is 97.1 Å². The molecule has 5 aromatic rings. The average Bonchev–Trinajstić information content (AvgIpc) is 3.35. The van der Waals surface area contributed by atoms with Crippen molar-refractivity contribution in [3.05, 3.63) is 119 Å². The summed E-state index contributed by atoms with van der Waals surface area (Å²) in [5.41, 5.74) is 4.58. The van der Waals surface area contributed by atoms with Crippen LogP contribution < -0.4 is 23.7 Å². The van der Waals surface area contributed by atoms with Gasteiger partial charge in [0.2, 0.25) is 0 Å². The van der Waals surface area contributed by atoms with Crippen LogP contribution in [0.1, 0.15) is 32.6 Å². The Balaban J connectivity index is 1.52. The Morgan fingerprint density at radius 1 is 0.571 bits per heavy atom. The maximum atomic E-state index is 14.0. The first kappa shape index (κ1) is 25.7. The zero-order valence-corrected chi connectivity index (χ0v) is 23.7. The van der Waals surface area contributed by atoms with Gasteiger partial charge in [0.1, 0.15) is 28.7 Å². The van der Waals surface area contributed by atoms with Gasteiger partial charge in [-0.3, -0.25) is 4.79 Å². The highest BCUT2D eigenvalue weighted by molar-refractivity contribution is 6.29. The van der Waals surface area contributed by atoms with Crippen molar-refractivity contribution in [3.8, 4) is 39.9 Å². The molecule has 6 nitrogen and oxygen atoms in total. The fourth-order valence-electron chi connectivity index (χ4n) is 6.11. The lowest BCUT2D eigenvalue weighted by Crippen LogP contribution is -2.34. The zero-order chi connectivity index (χ0) is 29.0. The normalized spacial score (nSPS) is 14.0. The van der Waals surface area contributed by atoms with Crippen LogP contribution in [0.2, 0.25) is 0 Å². The molecule has 0 radical (unpaired) electrons. The average molecular weight is 557 g/mol. The van der Waals surface area contributed by atoms with Gasteiger partial charge in [0.25, 0.3) is 0 Å². The first-order valence-electron chi connectivity index (χ1n) is 13.6. The molecule has 1 heterocycles. The molecule has 0 unspecified atom stereocenters. The minimum Gasteiger partial charge on any atom is -0.497 e. The Bertz CT molecular complexity index is 1850. The number of hydrogen-bond acceptors (Lipinski definition) is 6. The van der Waals surface area contributed by atoms with Gasteiger partial charge in [-0.15, -0.1) is 0 Å². The zero-order valence-electron chi connectivity index (χ0n) is 23.7. The Morgan fingerprint density at radius 2 is 1.12 bits per heavy atom. The number of fused-ring (bicyclic) bond motifs is 8. The fourth-order valence-corrected chi connectivity index (χ4v) is 6.11. The largest absolute Gasteiger partial charge is 0.497 e. The van der Waals surface area contributed by atoms with Crippen LogP contribution in [0.15, 0.2) is 91.0 Å². The predicted octanol–water partition coefficient (Wildman–Crippen LogP) is 7.44. The van der Waals surface area contributed by atoms with Crippen LogP contribution in [0, 0.1) is 0 Å². The molecule has 0 fully saturated rings. The lowest BCUT2D eigenvalue weighted by atomic mass is 9.82. The van der Waals surface area contributed by atoms with Gasteiger partial charge in [-0.1, -0.05) is 24.3 Å². The van der Waals surface area contributed by atoms with E-state index >= 15 is 0 Å². The molecule has 6 heteroatoms. The van der Waals surface area contributed by atoms with Crippen molar-refractivity contribution < 1.29 is 28.5 Å². The summed E-state index contributed by atoms with van der Waals surface area (Å²) >= 11 is 0. The second-order valence-corrected chi connectivity index (χ2v) is 10.3. The molecule has 0 amide bonds. The Hall–Kier alpha value is -5.23. The van der Waals surface area contributed by atoms with Crippen LogP contribution in [-0.2, 0) is 5.60 Å².